The third-order valence-corrected chi connectivity index (χ3v) is 8.89. The van der Waals surface area contributed by atoms with Crippen LogP contribution in [0.2, 0.25) is 10.0 Å². The molecule has 2 aliphatic rings. The van der Waals surface area contributed by atoms with Crippen molar-refractivity contribution >= 4 is 77.9 Å². The third-order valence-electron chi connectivity index (χ3n) is 8.42. The van der Waals surface area contributed by atoms with Gasteiger partial charge in [-0.2, -0.15) is 0 Å². The molecule has 0 spiro atoms. The van der Waals surface area contributed by atoms with E-state index < -0.39 is 0 Å². The number of benzene rings is 7. The van der Waals surface area contributed by atoms with Crippen LogP contribution in [0.4, 0.5) is 0 Å². The van der Waals surface area contributed by atoms with Crippen LogP contribution in [0.5, 0.6) is 0 Å². The van der Waals surface area contributed by atoms with Crippen LogP contribution in [0.15, 0.2) is 84.9 Å². The van der Waals surface area contributed by atoms with E-state index in [1.807, 2.05) is 36.4 Å². The molecular weight excluding hydrogens is 511 g/mol. The van der Waals surface area contributed by atoms with Crippen LogP contribution in [0.25, 0.3) is 65.3 Å². The summed E-state index contributed by atoms with van der Waals surface area (Å²) in [5.41, 5.74) is 6.58. The maximum absolute atomic E-state index is 13.6. The molecule has 2 nitrogen and oxygen atoms in total. The Balaban J connectivity index is 1.49. The predicted molar refractivity (Wildman–Crippen MR) is 155 cm³/mol. The Morgan fingerprint density at radius 1 is 0.342 bits per heavy atom. The Kier molecular flexibility index (Phi) is 3.71. The van der Waals surface area contributed by atoms with E-state index >= 15 is 0 Å². The Bertz CT molecular complexity index is 2110. The molecule has 0 aliphatic heterocycles. The van der Waals surface area contributed by atoms with E-state index in [2.05, 4.69) is 36.4 Å². The Hall–Kier alpha value is -4.24. The summed E-state index contributed by atoms with van der Waals surface area (Å²) in [5, 5.41) is 9.55. The molecule has 0 N–H and O–H groups in total. The predicted octanol–water partition coefficient (Wildman–Crippen LogP) is 9.47. The molecule has 0 unspecified atom stereocenters. The monoisotopic (exact) mass is 524 g/mol. The van der Waals surface area contributed by atoms with Crippen LogP contribution in [0.3, 0.4) is 0 Å². The maximum atomic E-state index is 13.6. The van der Waals surface area contributed by atoms with Gasteiger partial charge in [-0.05, 0) is 91.0 Å². The van der Waals surface area contributed by atoms with Crippen molar-refractivity contribution in [2.24, 2.45) is 0 Å². The van der Waals surface area contributed by atoms with Gasteiger partial charge in [0.05, 0.1) is 0 Å². The number of ketones is 2. The summed E-state index contributed by atoms with van der Waals surface area (Å²) in [7, 11) is 0. The van der Waals surface area contributed by atoms with Gasteiger partial charge in [0.15, 0.2) is 11.6 Å². The van der Waals surface area contributed by atoms with Crippen molar-refractivity contribution in [3.8, 4) is 22.3 Å². The van der Waals surface area contributed by atoms with Gasteiger partial charge in [0, 0.05) is 43.1 Å². The standard InChI is InChI=1S/C34H14Cl2O2/c35-15-1-3-17-19-5-7-21-24-10-12-26-32-20(18-4-2-16(36)14-28(18)34(26)38)6-8-22(30(24)32)23-9-11-25(31(19)29(21)23)33(37)27(17)13-15/h1-14H. The average Bonchev–Trinajstić information content (AvgIpc) is 2.94. The molecule has 0 bridgehead atoms. The quantitative estimate of drug-likeness (QED) is 0.146. The fourth-order valence-corrected chi connectivity index (χ4v) is 7.23. The summed E-state index contributed by atoms with van der Waals surface area (Å²) < 4.78 is 0. The molecule has 0 saturated carbocycles. The summed E-state index contributed by atoms with van der Waals surface area (Å²) in [5.74, 6) is -0.00813. The zero-order valence-electron chi connectivity index (χ0n) is 19.7. The fraction of sp³-hybridized carbons (Fsp3) is 0. The van der Waals surface area contributed by atoms with E-state index in [0.29, 0.717) is 32.3 Å². The van der Waals surface area contributed by atoms with E-state index in [9.17, 15) is 9.59 Å². The van der Waals surface area contributed by atoms with Crippen molar-refractivity contribution in [3.63, 3.8) is 0 Å². The van der Waals surface area contributed by atoms with Crippen LogP contribution in [0.1, 0.15) is 31.8 Å². The molecule has 9 rings (SSSR count). The third kappa shape index (κ3) is 2.32. The molecule has 0 heterocycles. The lowest BCUT2D eigenvalue weighted by molar-refractivity contribution is 0.103. The van der Waals surface area contributed by atoms with Crippen LogP contribution in [-0.2, 0) is 0 Å². The second-order valence-electron chi connectivity index (χ2n) is 10.2. The average molecular weight is 525 g/mol. The van der Waals surface area contributed by atoms with E-state index in [-0.39, 0.29) is 11.6 Å². The van der Waals surface area contributed by atoms with Gasteiger partial charge < -0.3 is 0 Å². The molecule has 2 aliphatic carbocycles. The number of rotatable bonds is 0. The van der Waals surface area contributed by atoms with Crippen molar-refractivity contribution in [1.29, 1.82) is 0 Å². The Morgan fingerprint density at radius 2 is 0.684 bits per heavy atom. The van der Waals surface area contributed by atoms with Gasteiger partial charge in [-0.15, -0.1) is 0 Å². The number of hydrogen-bond acceptors (Lipinski definition) is 2. The molecular formula is C34H14Cl2O2. The van der Waals surface area contributed by atoms with Crippen molar-refractivity contribution in [3.05, 3.63) is 117 Å². The first-order valence-electron chi connectivity index (χ1n) is 12.4. The SMILES string of the molecule is O=C1c2cc(Cl)ccc2-c2ccc3c4ccc5c6c(ccc(c7ccc1c2c73)c64)-c1ccc(Cl)cc1C5=O. The van der Waals surface area contributed by atoms with Gasteiger partial charge in [-0.25, -0.2) is 0 Å². The summed E-state index contributed by atoms with van der Waals surface area (Å²) >= 11 is 12.5. The van der Waals surface area contributed by atoms with Gasteiger partial charge in [0.2, 0.25) is 0 Å². The topological polar surface area (TPSA) is 34.1 Å². The van der Waals surface area contributed by atoms with Crippen LogP contribution in [0, 0.1) is 0 Å². The number of hydrogen-bond donors (Lipinski definition) is 0. The summed E-state index contributed by atoms with van der Waals surface area (Å²) in [4.78, 5) is 27.2. The van der Waals surface area contributed by atoms with Crippen molar-refractivity contribution in [1.82, 2.24) is 0 Å². The minimum absolute atomic E-state index is 0.00407. The molecule has 38 heavy (non-hydrogen) atoms. The molecule has 7 aromatic carbocycles. The zero-order valence-corrected chi connectivity index (χ0v) is 21.2. The maximum Gasteiger partial charge on any atom is 0.194 e. The lowest BCUT2D eigenvalue weighted by Gasteiger charge is -2.25. The summed E-state index contributed by atoms with van der Waals surface area (Å²) in [6, 6.07) is 27.7. The molecule has 0 atom stereocenters. The highest BCUT2D eigenvalue weighted by atomic mass is 35.5. The number of carbonyl (C=O) groups is 2. The van der Waals surface area contributed by atoms with Crippen molar-refractivity contribution in [2.45, 2.75) is 0 Å². The molecule has 0 radical (unpaired) electrons. The first-order valence-corrected chi connectivity index (χ1v) is 13.2. The summed E-state index contributed by atoms with van der Waals surface area (Å²) in [6.07, 6.45) is 0. The van der Waals surface area contributed by atoms with Gasteiger partial charge >= 0.3 is 0 Å². The van der Waals surface area contributed by atoms with Gasteiger partial charge in [0.1, 0.15) is 0 Å². The largest absolute Gasteiger partial charge is 0.289 e. The van der Waals surface area contributed by atoms with Crippen molar-refractivity contribution < 1.29 is 9.59 Å². The van der Waals surface area contributed by atoms with E-state index in [4.69, 9.17) is 23.2 Å². The van der Waals surface area contributed by atoms with E-state index in [1.165, 1.54) is 0 Å². The van der Waals surface area contributed by atoms with Crippen LogP contribution >= 0.6 is 23.2 Å². The molecule has 7 aromatic rings. The number of carbonyl (C=O) groups excluding carboxylic acids is 2. The first-order chi connectivity index (χ1) is 18.5. The molecule has 0 aromatic heterocycles. The van der Waals surface area contributed by atoms with Crippen molar-refractivity contribution in [2.75, 3.05) is 0 Å². The van der Waals surface area contributed by atoms with Crippen LogP contribution < -0.4 is 0 Å². The van der Waals surface area contributed by atoms with E-state index in [1.54, 1.807) is 12.1 Å². The fourth-order valence-electron chi connectivity index (χ4n) is 6.88. The van der Waals surface area contributed by atoms with Crippen LogP contribution in [-0.4, -0.2) is 11.6 Å². The smallest absolute Gasteiger partial charge is 0.194 e. The first kappa shape index (κ1) is 20.8. The molecule has 0 fully saturated rings. The highest BCUT2D eigenvalue weighted by Crippen LogP contribution is 2.50. The normalized spacial score (nSPS) is 13.6. The summed E-state index contributed by atoms with van der Waals surface area (Å²) in [6.45, 7) is 0. The molecule has 4 heteroatoms. The Morgan fingerprint density at radius 3 is 1.08 bits per heavy atom. The molecule has 176 valence electrons. The van der Waals surface area contributed by atoms with Gasteiger partial charge in [-0.3, -0.25) is 9.59 Å². The highest BCUT2D eigenvalue weighted by molar-refractivity contribution is 6.42. The second kappa shape index (κ2) is 6.79. The minimum atomic E-state index is -0.00407. The molecule has 0 saturated heterocycles. The minimum Gasteiger partial charge on any atom is -0.289 e. The number of fused-ring (bicyclic) bond motifs is 6. The lowest BCUT2D eigenvalue weighted by Crippen LogP contribution is -2.11. The zero-order chi connectivity index (χ0) is 25.4. The number of halogens is 2. The lowest BCUT2D eigenvalue weighted by atomic mass is 9.77. The second-order valence-corrected chi connectivity index (χ2v) is 11.1. The van der Waals surface area contributed by atoms with Gasteiger partial charge in [0.25, 0.3) is 0 Å². The highest BCUT2D eigenvalue weighted by Gasteiger charge is 2.30. The molecule has 0 amide bonds. The van der Waals surface area contributed by atoms with Gasteiger partial charge in [-0.1, -0.05) is 71.7 Å². The Labute approximate surface area is 226 Å². The van der Waals surface area contributed by atoms with E-state index in [0.717, 1.165) is 65.3 Å².